The van der Waals surface area contributed by atoms with E-state index in [2.05, 4.69) is 17.3 Å². The molecule has 2 N–H and O–H groups in total. The van der Waals surface area contributed by atoms with E-state index in [1.165, 1.54) is 30.6 Å². The molecule has 1 aliphatic carbocycles. The predicted octanol–water partition coefficient (Wildman–Crippen LogP) is 1.61. The van der Waals surface area contributed by atoms with Crippen molar-refractivity contribution in [3.05, 3.63) is 0 Å². The van der Waals surface area contributed by atoms with Crippen molar-refractivity contribution in [2.45, 2.75) is 45.6 Å². The fourth-order valence-electron chi connectivity index (χ4n) is 2.80. The van der Waals surface area contributed by atoms with E-state index in [-0.39, 0.29) is 18.5 Å². The quantitative estimate of drug-likeness (QED) is 0.714. The minimum Gasteiger partial charge on any atom is -0.480 e. The molecule has 2 amide bonds. The largest absolute Gasteiger partial charge is 0.480 e. The van der Waals surface area contributed by atoms with Crippen molar-refractivity contribution >= 4 is 12.0 Å². The molecule has 0 aromatic heterocycles. The summed E-state index contributed by atoms with van der Waals surface area (Å²) in [6.07, 6.45) is 5.07. The van der Waals surface area contributed by atoms with Gasteiger partial charge in [-0.3, -0.25) is 4.79 Å². The van der Waals surface area contributed by atoms with E-state index < -0.39 is 5.97 Å². The summed E-state index contributed by atoms with van der Waals surface area (Å²) in [4.78, 5) is 26.5. The molecule has 21 heavy (non-hydrogen) atoms. The Hall–Kier alpha value is -1.30. The Labute approximate surface area is 127 Å². The van der Waals surface area contributed by atoms with E-state index in [1.54, 1.807) is 0 Å². The molecule has 1 fully saturated rings. The Kier molecular flexibility index (Phi) is 7.50. The molecule has 0 spiro atoms. The zero-order chi connectivity index (χ0) is 15.8. The van der Waals surface area contributed by atoms with Crippen LogP contribution in [0.3, 0.4) is 0 Å². The number of carbonyl (C=O) groups is 2. The summed E-state index contributed by atoms with van der Waals surface area (Å²) in [5.41, 5.74) is 0. The van der Waals surface area contributed by atoms with Crippen LogP contribution in [0.5, 0.6) is 0 Å². The third-order valence-electron chi connectivity index (χ3n) is 3.89. The molecule has 0 heterocycles. The van der Waals surface area contributed by atoms with Crippen molar-refractivity contribution in [1.82, 2.24) is 15.1 Å². The monoisotopic (exact) mass is 299 g/mol. The highest BCUT2D eigenvalue weighted by Gasteiger charge is 2.20. The van der Waals surface area contributed by atoms with E-state index in [0.717, 1.165) is 6.54 Å². The second kappa shape index (κ2) is 8.87. The van der Waals surface area contributed by atoms with Crippen molar-refractivity contribution in [1.29, 1.82) is 0 Å². The van der Waals surface area contributed by atoms with Gasteiger partial charge in [-0.15, -0.1) is 0 Å². The maximum atomic E-state index is 12.0. The number of carbonyl (C=O) groups excluding carboxylic acids is 1. The molecular weight excluding hydrogens is 270 g/mol. The average Bonchev–Trinajstić information content (AvgIpc) is 2.90. The number of nitrogens with one attached hydrogen (secondary N) is 1. The lowest BCUT2D eigenvalue weighted by atomic mass is 10.2. The normalized spacial score (nSPS) is 15.7. The number of nitrogens with zero attached hydrogens (tertiary/aromatic N) is 2. The van der Waals surface area contributed by atoms with Gasteiger partial charge in [0, 0.05) is 25.7 Å². The van der Waals surface area contributed by atoms with Crippen LogP contribution in [-0.4, -0.2) is 66.2 Å². The highest BCUT2D eigenvalue weighted by molar-refractivity contribution is 5.80. The number of hydrogen-bond donors (Lipinski definition) is 2. The molecule has 0 aliphatic heterocycles. The van der Waals surface area contributed by atoms with Gasteiger partial charge in [-0.25, -0.2) is 4.79 Å². The first kappa shape index (κ1) is 17.8. The lowest BCUT2D eigenvalue weighted by Gasteiger charge is -2.26. The molecule has 1 aliphatic rings. The van der Waals surface area contributed by atoms with Gasteiger partial charge in [0.1, 0.15) is 6.54 Å². The molecule has 0 atom stereocenters. The van der Waals surface area contributed by atoms with Gasteiger partial charge in [-0.05, 0) is 25.8 Å². The predicted molar refractivity (Wildman–Crippen MR) is 82.3 cm³/mol. The molecule has 0 aromatic carbocycles. The molecule has 0 saturated heterocycles. The van der Waals surface area contributed by atoms with Gasteiger partial charge in [0.2, 0.25) is 0 Å². The topological polar surface area (TPSA) is 72.9 Å². The minimum atomic E-state index is -0.978. The molecular formula is C15H29N3O3. The van der Waals surface area contributed by atoms with E-state index in [1.807, 2.05) is 13.8 Å². The van der Waals surface area contributed by atoms with Crippen molar-refractivity contribution in [2.75, 3.05) is 33.2 Å². The number of aliphatic carboxylic acids is 1. The zero-order valence-electron chi connectivity index (χ0n) is 13.5. The lowest BCUT2D eigenvalue weighted by Crippen LogP contribution is -2.46. The lowest BCUT2D eigenvalue weighted by molar-refractivity contribution is -0.137. The Bertz CT molecular complexity index is 341. The number of hydrogen-bond acceptors (Lipinski definition) is 3. The summed E-state index contributed by atoms with van der Waals surface area (Å²) in [6.45, 7) is 5.50. The maximum absolute atomic E-state index is 12.0. The van der Waals surface area contributed by atoms with Gasteiger partial charge in [-0.1, -0.05) is 26.7 Å². The van der Waals surface area contributed by atoms with Gasteiger partial charge in [0.25, 0.3) is 0 Å². The summed E-state index contributed by atoms with van der Waals surface area (Å²) in [6, 6.07) is 0.346. The van der Waals surface area contributed by atoms with Crippen LogP contribution in [0.1, 0.15) is 39.5 Å². The van der Waals surface area contributed by atoms with Crippen LogP contribution in [-0.2, 0) is 4.79 Å². The fourth-order valence-corrected chi connectivity index (χ4v) is 2.80. The van der Waals surface area contributed by atoms with Gasteiger partial charge in [0.15, 0.2) is 0 Å². The van der Waals surface area contributed by atoms with Crippen LogP contribution >= 0.6 is 0 Å². The van der Waals surface area contributed by atoms with Crippen molar-refractivity contribution in [3.8, 4) is 0 Å². The van der Waals surface area contributed by atoms with Crippen LogP contribution in [0.2, 0.25) is 0 Å². The third-order valence-corrected chi connectivity index (χ3v) is 3.89. The number of likely N-dealkylation sites (N-methyl/N-ethyl adjacent to an activating group) is 1. The van der Waals surface area contributed by atoms with E-state index in [4.69, 9.17) is 5.11 Å². The number of rotatable bonds is 8. The number of urea groups is 1. The smallest absolute Gasteiger partial charge is 0.323 e. The molecule has 1 saturated carbocycles. The Morgan fingerprint density at radius 1 is 1.29 bits per heavy atom. The van der Waals surface area contributed by atoms with Crippen LogP contribution in [0, 0.1) is 5.92 Å². The first-order chi connectivity index (χ1) is 9.90. The van der Waals surface area contributed by atoms with Crippen LogP contribution in [0.4, 0.5) is 4.79 Å². The molecule has 0 aromatic rings. The van der Waals surface area contributed by atoms with Crippen molar-refractivity contribution in [2.24, 2.45) is 5.92 Å². The van der Waals surface area contributed by atoms with Gasteiger partial charge >= 0.3 is 12.0 Å². The SMILES string of the molecule is CC(C)CN(CC(=O)O)C(=O)NCCN(C)C1CCCC1. The average molecular weight is 299 g/mol. The summed E-state index contributed by atoms with van der Waals surface area (Å²) in [7, 11) is 2.09. The van der Waals surface area contributed by atoms with Crippen LogP contribution in [0.25, 0.3) is 0 Å². The summed E-state index contributed by atoms with van der Waals surface area (Å²) in [5.74, 6) is -0.731. The number of carboxylic acids is 1. The fraction of sp³-hybridized carbons (Fsp3) is 0.867. The van der Waals surface area contributed by atoms with Crippen LogP contribution < -0.4 is 5.32 Å². The zero-order valence-corrected chi connectivity index (χ0v) is 13.5. The molecule has 0 unspecified atom stereocenters. The number of carboxylic acid groups (broad SMARTS) is 1. The minimum absolute atomic E-state index is 0.247. The Balaban J connectivity index is 2.32. The summed E-state index contributed by atoms with van der Waals surface area (Å²) in [5, 5.41) is 11.7. The van der Waals surface area contributed by atoms with Crippen molar-refractivity contribution in [3.63, 3.8) is 0 Å². The third kappa shape index (κ3) is 6.80. The second-order valence-electron chi connectivity index (χ2n) is 6.32. The molecule has 0 radical (unpaired) electrons. The first-order valence-corrected chi connectivity index (χ1v) is 7.85. The Morgan fingerprint density at radius 3 is 2.43 bits per heavy atom. The summed E-state index contributed by atoms with van der Waals surface area (Å²) >= 11 is 0. The van der Waals surface area contributed by atoms with E-state index in [9.17, 15) is 9.59 Å². The second-order valence-corrected chi connectivity index (χ2v) is 6.32. The van der Waals surface area contributed by atoms with Crippen molar-refractivity contribution < 1.29 is 14.7 Å². The first-order valence-electron chi connectivity index (χ1n) is 7.85. The van der Waals surface area contributed by atoms with Gasteiger partial charge in [-0.2, -0.15) is 0 Å². The molecule has 122 valence electrons. The molecule has 0 bridgehead atoms. The van der Waals surface area contributed by atoms with Gasteiger partial charge < -0.3 is 20.2 Å². The molecule has 6 nitrogen and oxygen atoms in total. The molecule has 1 rings (SSSR count). The van der Waals surface area contributed by atoms with E-state index >= 15 is 0 Å². The highest BCUT2D eigenvalue weighted by atomic mass is 16.4. The summed E-state index contributed by atoms with van der Waals surface area (Å²) < 4.78 is 0. The van der Waals surface area contributed by atoms with Gasteiger partial charge in [0.05, 0.1) is 0 Å². The highest BCUT2D eigenvalue weighted by Crippen LogP contribution is 2.21. The maximum Gasteiger partial charge on any atom is 0.323 e. The molecule has 6 heteroatoms. The number of amides is 2. The van der Waals surface area contributed by atoms with E-state index in [0.29, 0.717) is 19.1 Å². The Morgan fingerprint density at radius 2 is 1.90 bits per heavy atom. The standard InChI is InChI=1S/C15H29N3O3/c1-12(2)10-18(11-14(19)20)15(21)16-8-9-17(3)13-6-4-5-7-13/h12-13H,4-11H2,1-3H3,(H,16,21)(H,19,20). The van der Waals surface area contributed by atoms with Crippen LogP contribution in [0.15, 0.2) is 0 Å².